The highest BCUT2D eigenvalue weighted by Gasteiger charge is 2.21. The van der Waals surface area contributed by atoms with E-state index in [0.29, 0.717) is 12.1 Å². The number of nitro benzene ring substituents is 1. The van der Waals surface area contributed by atoms with Crippen LogP contribution in [-0.4, -0.2) is 34.9 Å². The van der Waals surface area contributed by atoms with Gasteiger partial charge in [-0.15, -0.1) is 0 Å². The number of hydrogen-bond acceptors (Lipinski definition) is 5. The van der Waals surface area contributed by atoms with Crippen molar-refractivity contribution in [2.45, 2.75) is 33.1 Å². The molecule has 0 saturated carbocycles. The van der Waals surface area contributed by atoms with Crippen LogP contribution in [-0.2, 0) is 9.53 Å². The van der Waals surface area contributed by atoms with Crippen LogP contribution in [0.2, 0.25) is 0 Å². The number of amides is 1. The largest absolute Gasteiger partial charge is 0.452 e. The lowest BCUT2D eigenvalue weighted by Gasteiger charge is -2.22. The van der Waals surface area contributed by atoms with Crippen molar-refractivity contribution in [3.63, 3.8) is 0 Å². The zero-order valence-electron chi connectivity index (χ0n) is 13.8. The van der Waals surface area contributed by atoms with Crippen LogP contribution < -0.4 is 0 Å². The Hall–Kier alpha value is -2.70. The fraction of sp³-hybridized carbons (Fsp3) is 0.412. The van der Waals surface area contributed by atoms with E-state index in [1.54, 1.807) is 11.8 Å². The molecule has 0 N–H and O–H groups in total. The number of nitrogens with zero attached hydrogens (tertiary/aromatic N) is 2. The molecule has 0 unspecified atom stereocenters. The second-order valence-electron chi connectivity index (χ2n) is 5.56. The van der Waals surface area contributed by atoms with Crippen LogP contribution >= 0.6 is 0 Å². The van der Waals surface area contributed by atoms with Gasteiger partial charge in [-0.2, -0.15) is 0 Å². The van der Waals surface area contributed by atoms with Crippen LogP contribution in [0.25, 0.3) is 0 Å². The second kappa shape index (κ2) is 7.72. The van der Waals surface area contributed by atoms with E-state index >= 15 is 0 Å². The molecule has 24 heavy (non-hydrogen) atoms. The molecule has 0 aromatic heterocycles. The lowest BCUT2D eigenvalue weighted by molar-refractivity contribution is -0.385. The standard InChI is InChI=1S/C17H20N2O5/c1-3-18(14-6-4-5-7-14)16(20)11-24-17(21)13-9-8-12(2)15(10-13)19(22)23/h6,8-10H,3-5,7,11H2,1-2H3. The summed E-state index contributed by atoms with van der Waals surface area (Å²) < 4.78 is 5.03. The quantitative estimate of drug-likeness (QED) is 0.454. The molecule has 1 amide bonds. The minimum Gasteiger partial charge on any atom is -0.452 e. The van der Waals surface area contributed by atoms with Gasteiger partial charge in [0.1, 0.15) is 0 Å². The van der Waals surface area contributed by atoms with E-state index in [-0.39, 0.29) is 23.8 Å². The number of benzene rings is 1. The first-order chi connectivity index (χ1) is 11.4. The Kier molecular flexibility index (Phi) is 5.68. The van der Waals surface area contributed by atoms with E-state index in [4.69, 9.17) is 4.74 Å². The van der Waals surface area contributed by atoms with E-state index in [0.717, 1.165) is 25.0 Å². The maximum atomic E-state index is 12.2. The summed E-state index contributed by atoms with van der Waals surface area (Å²) in [7, 11) is 0. The molecule has 1 aliphatic rings. The van der Waals surface area contributed by atoms with Crippen molar-refractivity contribution in [1.29, 1.82) is 0 Å². The van der Waals surface area contributed by atoms with Crippen LogP contribution in [0.1, 0.15) is 42.1 Å². The molecule has 0 aliphatic heterocycles. The summed E-state index contributed by atoms with van der Waals surface area (Å²) in [5.74, 6) is -1.04. The monoisotopic (exact) mass is 332 g/mol. The zero-order valence-corrected chi connectivity index (χ0v) is 13.8. The predicted molar refractivity (Wildman–Crippen MR) is 87.4 cm³/mol. The molecule has 2 rings (SSSR count). The van der Waals surface area contributed by atoms with Gasteiger partial charge in [0, 0.05) is 23.9 Å². The Morgan fingerprint density at radius 1 is 1.38 bits per heavy atom. The van der Waals surface area contributed by atoms with Crippen molar-refractivity contribution in [3.05, 3.63) is 51.2 Å². The topological polar surface area (TPSA) is 89.8 Å². The van der Waals surface area contributed by atoms with Crippen molar-refractivity contribution >= 4 is 17.6 Å². The van der Waals surface area contributed by atoms with Crippen LogP contribution in [0.15, 0.2) is 30.0 Å². The predicted octanol–water partition coefficient (Wildman–Crippen LogP) is 2.98. The summed E-state index contributed by atoms with van der Waals surface area (Å²) in [4.78, 5) is 36.2. The van der Waals surface area contributed by atoms with Gasteiger partial charge < -0.3 is 9.64 Å². The molecule has 7 heteroatoms. The molecule has 0 spiro atoms. The summed E-state index contributed by atoms with van der Waals surface area (Å²) in [6, 6.07) is 4.10. The fourth-order valence-electron chi connectivity index (χ4n) is 2.66. The average molecular weight is 332 g/mol. The third-order valence-corrected chi connectivity index (χ3v) is 3.95. The molecule has 1 aromatic carbocycles. The molecule has 1 aliphatic carbocycles. The summed E-state index contributed by atoms with van der Waals surface area (Å²) in [6.45, 7) is 3.58. The molecular weight excluding hydrogens is 312 g/mol. The minimum absolute atomic E-state index is 0.0585. The highest BCUT2D eigenvalue weighted by molar-refractivity contribution is 5.92. The maximum absolute atomic E-state index is 12.2. The normalized spacial score (nSPS) is 13.3. The number of aryl methyl sites for hydroxylation is 1. The van der Waals surface area contributed by atoms with E-state index in [1.165, 1.54) is 18.2 Å². The van der Waals surface area contributed by atoms with Crippen LogP contribution in [0.5, 0.6) is 0 Å². The molecule has 0 bridgehead atoms. The number of hydrogen-bond donors (Lipinski definition) is 0. The smallest absolute Gasteiger partial charge is 0.338 e. The Bertz CT molecular complexity index is 696. The van der Waals surface area contributed by atoms with Gasteiger partial charge in [0.05, 0.1) is 10.5 Å². The van der Waals surface area contributed by atoms with E-state index in [1.807, 2.05) is 13.0 Å². The van der Waals surface area contributed by atoms with E-state index in [9.17, 15) is 19.7 Å². The van der Waals surface area contributed by atoms with Gasteiger partial charge in [0.15, 0.2) is 6.61 Å². The number of carbonyl (C=O) groups excluding carboxylic acids is 2. The van der Waals surface area contributed by atoms with Gasteiger partial charge >= 0.3 is 5.97 Å². The van der Waals surface area contributed by atoms with Crippen molar-refractivity contribution < 1.29 is 19.2 Å². The summed E-state index contributed by atoms with van der Waals surface area (Å²) >= 11 is 0. The van der Waals surface area contributed by atoms with Gasteiger partial charge in [0.25, 0.3) is 11.6 Å². The first-order valence-electron chi connectivity index (χ1n) is 7.85. The van der Waals surface area contributed by atoms with Gasteiger partial charge in [-0.05, 0) is 39.2 Å². The molecule has 0 fully saturated rings. The number of carbonyl (C=O) groups is 2. The molecule has 7 nitrogen and oxygen atoms in total. The molecule has 0 heterocycles. The molecule has 0 radical (unpaired) electrons. The SMILES string of the molecule is CCN(C(=O)COC(=O)c1ccc(C)c([N+](=O)[O-])c1)C1=CCCC1. The van der Waals surface area contributed by atoms with Gasteiger partial charge in [-0.3, -0.25) is 14.9 Å². The number of likely N-dealkylation sites (N-methyl/N-ethyl adjacent to an activating group) is 1. The zero-order chi connectivity index (χ0) is 17.7. The van der Waals surface area contributed by atoms with E-state index in [2.05, 4.69) is 0 Å². The summed E-state index contributed by atoms with van der Waals surface area (Å²) in [6.07, 6.45) is 4.84. The van der Waals surface area contributed by atoms with Crippen LogP contribution in [0.4, 0.5) is 5.69 Å². The van der Waals surface area contributed by atoms with Gasteiger partial charge in [-0.25, -0.2) is 4.79 Å². The molecule has 128 valence electrons. The number of rotatable bonds is 6. The summed E-state index contributed by atoms with van der Waals surface area (Å²) in [5, 5.41) is 10.9. The Labute approximate surface area is 140 Å². The fourth-order valence-corrected chi connectivity index (χ4v) is 2.66. The Morgan fingerprint density at radius 2 is 2.12 bits per heavy atom. The van der Waals surface area contributed by atoms with Crippen molar-refractivity contribution in [2.75, 3.05) is 13.2 Å². The number of esters is 1. The van der Waals surface area contributed by atoms with Crippen LogP contribution in [0, 0.1) is 17.0 Å². The van der Waals surface area contributed by atoms with Gasteiger partial charge in [0.2, 0.25) is 0 Å². The Morgan fingerprint density at radius 3 is 2.71 bits per heavy atom. The Balaban J connectivity index is 2.01. The van der Waals surface area contributed by atoms with Crippen molar-refractivity contribution in [2.24, 2.45) is 0 Å². The number of nitro groups is 1. The minimum atomic E-state index is -0.747. The van der Waals surface area contributed by atoms with Crippen molar-refractivity contribution in [1.82, 2.24) is 4.90 Å². The summed E-state index contributed by atoms with van der Waals surface area (Å²) in [5.41, 5.74) is 1.33. The third-order valence-electron chi connectivity index (χ3n) is 3.95. The second-order valence-corrected chi connectivity index (χ2v) is 5.56. The number of ether oxygens (including phenoxy) is 1. The first-order valence-corrected chi connectivity index (χ1v) is 7.85. The number of allylic oxidation sites excluding steroid dienone is 2. The van der Waals surface area contributed by atoms with Crippen LogP contribution in [0.3, 0.4) is 0 Å². The molecule has 1 aromatic rings. The lowest BCUT2D eigenvalue weighted by atomic mass is 10.1. The first kappa shape index (κ1) is 17.7. The molecule has 0 saturated heterocycles. The molecular formula is C17H20N2O5. The highest BCUT2D eigenvalue weighted by atomic mass is 16.6. The highest BCUT2D eigenvalue weighted by Crippen LogP contribution is 2.22. The third kappa shape index (κ3) is 3.98. The van der Waals surface area contributed by atoms with Crippen molar-refractivity contribution in [3.8, 4) is 0 Å². The lowest BCUT2D eigenvalue weighted by Crippen LogP contribution is -2.33. The van der Waals surface area contributed by atoms with E-state index < -0.39 is 10.9 Å². The van der Waals surface area contributed by atoms with Gasteiger partial charge in [-0.1, -0.05) is 12.1 Å². The molecule has 0 atom stereocenters. The average Bonchev–Trinajstić information content (AvgIpc) is 3.07. The maximum Gasteiger partial charge on any atom is 0.338 e.